The number of hydrogen-bond donors (Lipinski definition) is 1. The third kappa shape index (κ3) is 4.32. The predicted molar refractivity (Wildman–Crippen MR) is 108 cm³/mol. The molecule has 0 aliphatic carbocycles. The molecule has 1 aliphatic rings. The molecule has 2 heteroatoms. The largest absolute Gasteiger partial charge is 0.482 e. The van der Waals surface area contributed by atoms with Crippen molar-refractivity contribution < 1.29 is 9.84 Å². The molecule has 1 N–H and O–H groups in total. The van der Waals surface area contributed by atoms with E-state index in [1.807, 2.05) is 58.0 Å². The Morgan fingerprint density at radius 2 is 1.36 bits per heavy atom. The van der Waals surface area contributed by atoms with E-state index in [0.29, 0.717) is 0 Å². The van der Waals surface area contributed by atoms with E-state index in [-0.39, 0.29) is 6.61 Å². The Morgan fingerprint density at radius 1 is 0.840 bits per heavy atom. The van der Waals surface area contributed by atoms with Crippen molar-refractivity contribution in [1.82, 2.24) is 0 Å². The summed E-state index contributed by atoms with van der Waals surface area (Å²) < 4.78 is 6.29. The van der Waals surface area contributed by atoms with Gasteiger partial charge in [0, 0.05) is 16.7 Å². The van der Waals surface area contributed by atoms with Crippen molar-refractivity contribution in [1.29, 1.82) is 0 Å². The van der Waals surface area contributed by atoms with Gasteiger partial charge in [-0.1, -0.05) is 76.2 Å². The van der Waals surface area contributed by atoms with E-state index in [9.17, 15) is 5.11 Å². The summed E-state index contributed by atoms with van der Waals surface area (Å²) in [6.45, 7) is 14.2. The Morgan fingerprint density at radius 3 is 1.92 bits per heavy atom. The van der Waals surface area contributed by atoms with Gasteiger partial charge >= 0.3 is 0 Å². The summed E-state index contributed by atoms with van der Waals surface area (Å²) in [5, 5.41) is 9.89. The monoisotopic (exact) mass is 340 g/mol. The molecular formula is C23H32O2. The highest BCUT2D eigenvalue weighted by Crippen LogP contribution is 2.44. The van der Waals surface area contributed by atoms with Crippen LogP contribution in [0.5, 0.6) is 0 Å². The van der Waals surface area contributed by atoms with Crippen LogP contribution in [0.2, 0.25) is 0 Å². The van der Waals surface area contributed by atoms with Gasteiger partial charge in [0.2, 0.25) is 0 Å². The molecular weight excluding hydrogens is 308 g/mol. The SMILES string of the molecule is CC.CC.Cc1ccccc1C1=C(CO)c2ccccc2C(C)(C)O1. The molecule has 2 aromatic rings. The topological polar surface area (TPSA) is 29.5 Å². The molecule has 2 aromatic carbocycles. The second-order valence-corrected chi connectivity index (χ2v) is 5.94. The van der Waals surface area contributed by atoms with Gasteiger partial charge < -0.3 is 9.84 Å². The van der Waals surface area contributed by atoms with Crippen LogP contribution in [-0.2, 0) is 10.3 Å². The maximum Gasteiger partial charge on any atom is 0.134 e. The Balaban J connectivity index is 0.000000730. The number of fused-ring (bicyclic) bond motifs is 1. The van der Waals surface area contributed by atoms with Crippen molar-refractivity contribution in [2.24, 2.45) is 0 Å². The second-order valence-electron chi connectivity index (χ2n) is 5.94. The van der Waals surface area contributed by atoms with Crippen molar-refractivity contribution in [2.75, 3.05) is 6.61 Å². The number of aryl methyl sites for hydroxylation is 1. The minimum atomic E-state index is -0.410. The molecule has 25 heavy (non-hydrogen) atoms. The molecule has 2 nitrogen and oxygen atoms in total. The molecule has 0 spiro atoms. The first-order chi connectivity index (χ1) is 12.0. The summed E-state index contributed by atoms with van der Waals surface area (Å²) in [6.07, 6.45) is 0. The number of ether oxygens (including phenoxy) is 1. The maximum absolute atomic E-state index is 9.89. The lowest BCUT2D eigenvalue weighted by atomic mass is 9.85. The van der Waals surface area contributed by atoms with Crippen molar-refractivity contribution in [3.8, 4) is 0 Å². The molecule has 1 heterocycles. The molecule has 0 radical (unpaired) electrons. The summed E-state index contributed by atoms with van der Waals surface area (Å²) in [5.41, 5.74) is 4.84. The summed E-state index contributed by atoms with van der Waals surface area (Å²) >= 11 is 0. The fraction of sp³-hybridized carbons (Fsp3) is 0.391. The van der Waals surface area contributed by atoms with Gasteiger partial charge in [-0.2, -0.15) is 0 Å². The van der Waals surface area contributed by atoms with Crippen LogP contribution in [0.4, 0.5) is 0 Å². The average molecular weight is 341 g/mol. The van der Waals surface area contributed by atoms with Crippen LogP contribution < -0.4 is 0 Å². The van der Waals surface area contributed by atoms with E-state index in [1.165, 1.54) is 0 Å². The normalized spacial score (nSPS) is 14.2. The van der Waals surface area contributed by atoms with E-state index < -0.39 is 5.60 Å². The molecule has 0 saturated heterocycles. The minimum absolute atomic E-state index is 0.0310. The lowest BCUT2D eigenvalue weighted by Crippen LogP contribution is -2.27. The first-order valence-electron chi connectivity index (χ1n) is 9.23. The van der Waals surface area contributed by atoms with E-state index in [4.69, 9.17) is 4.74 Å². The van der Waals surface area contributed by atoms with E-state index in [2.05, 4.69) is 39.0 Å². The summed E-state index contributed by atoms with van der Waals surface area (Å²) in [4.78, 5) is 0. The van der Waals surface area contributed by atoms with Gasteiger partial charge in [-0.25, -0.2) is 0 Å². The van der Waals surface area contributed by atoms with Crippen LogP contribution in [0.3, 0.4) is 0 Å². The number of rotatable bonds is 2. The minimum Gasteiger partial charge on any atom is -0.482 e. The zero-order chi connectivity index (χ0) is 19.0. The highest BCUT2D eigenvalue weighted by atomic mass is 16.5. The van der Waals surface area contributed by atoms with Crippen molar-refractivity contribution in [3.05, 3.63) is 70.8 Å². The van der Waals surface area contributed by atoms with Gasteiger partial charge in [0.15, 0.2) is 0 Å². The molecule has 0 bridgehead atoms. The van der Waals surface area contributed by atoms with E-state index in [0.717, 1.165) is 33.6 Å². The van der Waals surface area contributed by atoms with Gasteiger partial charge in [0.05, 0.1) is 6.61 Å². The molecule has 3 rings (SSSR count). The van der Waals surface area contributed by atoms with Crippen LogP contribution in [0, 0.1) is 6.92 Å². The first kappa shape index (κ1) is 21.0. The van der Waals surface area contributed by atoms with Gasteiger partial charge in [-0.3, -0.25) is 0 Å². The fourth-order valence-corrected chi connectivity index (χ4v) is 2.97. The lowest BCUT2D eigenvalue weighted by Gasteiger charge is -2.36. The Labute approximate surface area is 153 Å². The maximum atomic E-state index is 9.89. The molecule has 0 saturated carbocycles. The van der Waals surface area contributed by atoms with Gasteiger partial charge in [0.1, 0.15) is 11.4 Å². The van der Waals surface area contributed by atoms with E-state index >= 15 is 0 Å². The highest BCUT2D eigenvalue weighted by molar-refractivity contribution is 5.91. The molecule has 1 aliphatic heterocycles. The number of hydrogen-bond acceptors (Lipinski definition) is 2. The van der Waals surface area contributed by atoms with Crippen molar-refractivity contribution in [3.63, 3.8) is 0 Å². The van der Waals surface area contributed by atoms with Gasteiger partial charge in [0.25, 0.3) is 0 Å². The molecule has 0 aromatic heterocycles. The zero-order valence-corrected chi connectivity index (χ0v) is 16.7. The molecule has 0 unspecified atom stereocenters. The fourth-order valence-electron chi connectivity index (χ4n) is 2.97. The molecule has 136 valence electrons. The molecule has 0 amide bonds. The van der Waals surface area contributed by atoms with Crippen molar-refractivity contribution >= 4 is 11.3 Å². The average Bonchev–Trinajstić information content (AvgIpc) is 2.65. The van der Waals surface area contributed by atoms with E-state index in [1.54, 1.807) is 0 Å². The molecule has 0 fully saturated rings. The number of aliphatic hydroxyl groups excluding tert-OH is 1. The lowest BCUT2D eigenvalue weighted by molar-refractivity contribution is 0.0709. The van der Waals surface area contributed by atoms with Gasteiger partial charge in [-0.05, 0) is 31.9 Å². The third-order valence-corrected chi connectivity index (χ3v) is 4.08. The highest BCUT2D eigenvalue weighted by Gasteiger charge is 2.34. The van der Waals surface area contributed by atoms with Crippen molar-refractivity contribution in [2.45, 2.75) is 54.1 Å². The third-order valence-electron chi connectivity index (χ3n) is 4.08. The standard InChI is InChI=1S/C19H20O2.2C2H6/c1-13-8-4-5-9-14(13)18-16(12-20)15-10-6-7-11-17(15)19(2,3)21-18;2*1-2/h4-11,20H,12H2,1-3H3;2*1-2H3. The first-order valence-corrected chi connectivity index (χ1v) is 9.23. The zero-order valence-electron chi connectivity index (χ0n) is 16.7. The second kappa shape index (κ2) is 9.43. The summed E-state index contributed by atoms with van der Waals surface area (Å²) in [6, 6.07) is 16.3. The van der Waals surface area contributed by atoms with Gasteiger partial charge in [-0.15, -0.1) is 0 Å². The Hall–Kier alpha value is -2.06. The van der Waals surface area contributed by atoms with Crippen LogP contribution in [-0.4, -0.2) is 11.7 Å². The van der Waals surface area contributed by atoms with Crippen LogP contribution in [0.15, 0.2) is 48.5 Å². The number of aliphatic hydroxyl groups is 1. The Kier molecular flexibility index (Phi) is 7.92. The van der Waals surface area contributed by atoms with Crippen LogP contribution >= 0.6 is 0 Å². The summed E-state index contributed by atoms with van der Waals surface area (Å²) in [7, 11) is 0. The van der Waals surface area contributed by atoms with Crippen LogP contribution in [0.1, 0.15) is 63.8 Å². The number of benzene rings is 2. The predicted octanol–water partition coefficient (Wildman–Crippen LogP) is 6.17. The quantitative estimate of drug-likeness (QED) is 0.708. The summed E-state index contributed by atoms with van der Waals surface area (Å²) in [5.74, 6) is 0.791. The van der Waals surface area contributed by atoms with Crippen LogP contribution in [0.25, 0.3) is 11.3 Å². The molecule has 0 atom stereocenters. The smallest absolute Gasteiger partial charge is 0.134 e. The Bertz CT molecular complexity index is 712.